The summed E-state index contributed by atoms with van der Waals surface area (Å²) < 4.78 is 6.94. The molecule has 24 heavy (non-hydrogen) atoms. The van der Waals surface area contributed by atoms with Gasteiger partial charge >= 0.3 is 5.69 Å². The van der Waals surface area contributed by atoms with Crippen molar-refractivity contribution in [2.75, 3.05) is 39.9 Å². The first-order valence-corrected chi connectivity index (χ1v) is 7.84. The van der Waals surface area contributed by atoms with Crippen molar-refractivity contribution in [3.63, 3.8) is 0 Å². The molecule has 1 fully saturated rings. The zero-order valence-corrected chi connectivity index (χ0v) is 16.4. The molecule has 1 atom stereocenters. The van der Waals surface area contributed by atoms with E-state index in [1.54, 1.807) is 0 Å². The first kappa shape index (κ1) is 20.6. The van der Waals surface area contributed by atoms with Gasteiger partial charge in [-0.15, -0.1) is 24.0 Å². The quantitative estimate of drug-likeness (QED) is 0.221. The highest BCUT2D eigenvalue weighted by Crippen LogP contribution is 2.13. The molecular formula is C14H25IN6O3. The number of ether oxygens (including phenoxy) is 1. The second-order valence-electron chi connectivity index (χ2n) is 5.56. The van der Waals surface area contributed by atoms with Crippen molar-refractivity contribution in [3.8, 4) is 0 Å². The SMILES string of the molecule is CCNC(=NCCn1cc([N+](=O)[O-])cn1)N(C)CC1CCOC1.I. The van der Waals surface area contributed by atoms with Gasteiger partial charge in [-0.1, -0.05) is 0 Å². The summed E-state index contributed by atoms with van der Waals surface area (Å²) in [4.78, 5) is 16.9. The predicted molar refractivity (Wildman–Crippen MR) is 102 cm³/mol. The van der Waals surface area contributed by atoms with Crippen LogP contribution in [0.2, 0.25) is 0 Å². The van der Waals surface area contributed by atoms with Crippen LogP contribution in [-0.2, 0) is 11.3 Å². The highest BCUT2D eigenvalue weighted by Gasteiger charge is 2.19. The Kier molecular flexibility index (Phi) is 8.97. The van der Waals surface area contributed by atoms with E-state index in [-0.39, 0.29) is 29.7 Å². The highest BCUT2D eigenvalue weighted by molar-refractivity contribution is 14.0. The number of rotatable bonds is 7. The van der Waals surface area contributed by atoms with Crippen LogP contribution in [0.1, 0.15) is 13.3 Å². The normalized spacial score (nSPS) is 17.4. The Bertz CT molecular complexity index is 544. The van der Waals surface area contributed by atoms with Crippen molar-refractivity contribution < 1.29 is 9.66 Å². The molecular weight excluding hydrogens is 427 g/mol. The van der Waals surface area contributed by atoms with Gasteiger partial charge in [0.15, 0.2) is 5.96 Å². The summed E-state index contributed by atoms with van der Waals surface area (Å²) in [6.07, 6.45) is 3.75. The summed E-state index contributed by atoms with van der Waals surface area (Å²) in [7, 11) is 2.01. The zero-order chi connectivity index (χ0) is 16.7. The maximum Gasteiger partial charge on any atom is 0.306 e. The van der Waals surface area contributed by atoms with Crippen molar-refractivity contribution in [1.29, 1.82) is 0 Å². The number of nitrogens with zero attached hydrogens (tertiary/aromatic N) is 5. The minimum Gasteiger partial charge on any atom is -0.381 e. The largest absolute Gasteiger partial charge is 0.381 e. The van der Waals surface area contributed by atoms with Crippen LogP contribution in [0.15, 0.2) is 17.4 Å². The van der Waals surface area contributed by atoms with Crippen molar-refractivity contribution in [2.45, 2.75) is 19.9 Å². The molecule has 1 aliphatic heterocycles. The molecule has 1 unspecified atom stereocenters. The lowest BCUT2D eigenvalue weighted by molar-refractivity contribution is -0.385. The van der Waals surface area contributed by atoms with Gasteiger partial charge in [-0.25, -0.2) is 0 Å². The van der Waals surface area contributed by atoms with Gasteiger partial charge in [-0.2, -0.15) is 5.10 Å². The maximum atomic E-state index is 10.6. The summed E-state index contributed by atoms with van der Waals surface area (Å²) in [5.74, 6) is 1.37. The van der Waals surface area contributed by atoms with Crippen molar-refractivity contribution in [1.82, 2.24) is 20.0 Å². The van der Waals surface area contributed by atoms with Gasteiger partial charge in [0.1, 0.15) is 12.4 Å². The molecule has 0 radical (unpaired) electrons. The van der Waals surface area contributed by atoms with Crippen LogP contribution < -0.4 is 5.32 Å². The fourth-order valence-electron chi connectivity index (χ4n) is 2.50. The van der Waals surface area contributed by atoms with Gasteiger partial charge in [0.05, 0.1) is 24.6 Å². The lowest BCUT2D eigenvalue weighted by Crippen LogP contribution is -2.41. The Morgan fingerprint density at radius 2 is 2.46 bits per heavy atom. The Morgan fingerprint density at radius 3 is 3.04 bits per heavy atom. The Labute approximate surface area is 158 Å². The van der Waals surface area contributed by atoms with Gasteiger partial charge in [-0.3, -0.25) is 19.8 Å². The number of aromatic nitrogens is 2. The molecule has 9 nitrogen and oxygen atoms in total. The second kappa shape index (κ2) is 10.4. The lowest BCUT2D eigenvalue weighted by atomic mass is 10.1. The van der Waals surface area contributed by atoms with Crippen LogP contribution in [0.5, 0.6) is 0 Å². The molecule has 2 heterocycles. The molecule has 1 aliphatic rings. The van der Waals surface area contributed by atoms with Gasteiger partial charge in [0.2, 0.25) is 0 Å². The molecule has 1 aromatic rings. The van der Waals surface area contributed by atoms with Crippen LogP contribution in [0.25, 0.3) is 0 Å². The Hall–Kier alpha value is -1.43. The molecule has 1 N–H and O–H groups in total. The molecule has 136 valence electrons. The summed E-state index contributed by atoms with van der Waals surface area (Å²) >= 11 is 0. The van der Waals surface area contributed by atoms with E-state index in [1.165, 1.54) is 17.1 Å². The summed E-state index contributed by atoms with van der Waals surface area (Å²) in [6.45, 7) is 6.37. The number of hydrogen-bond acceptors (Lipinski definition) is 5. The molecule has 1 saturated heterocycles. The van der Waals surface area contributed by atoms with E-state index in [4.69, 9.17) is 4.74 Å². The van der Waals surface area contributed by atoms with Gasteiger partial charge < -0.3 is 15.0 Å². The van der Waals surface area contributed by atoms with E-state index in [0.29, 0.717) is 19.0 Å². The average molecular weight is 452 g/mol. The van der Waals surface area contributed by atoms with E-state index in [1.807, 2.05) is 14.0 Å². The second-order valence-corrected chi connectivity index (χ2v) is 5.56. The highest BCUT2D eigenvalue weighted by atomic mass is 127. The summed E-state index contributed by atoms with van der Waals surface area (Å²) in [5.41, 5.74) is -0.000706. The van der Waals surface area contributed by atoms with E-state index in [0.717, 1.165) is 38.7 Å². The fourth-order valence-corrected chi connectivity index (χ4v) is 2.50. The minimum atomic E-state index is -0.450. The van der Waals surface area contributed by atoms with Crippen LogP contribution in [0, 0.1) is 16.0 Å². The summed E-state index contributed by atoms with van der Waals surface area (Å²) in [6, 6.07) is 0. The number of halogens is 1. The molecule has 0 aromatic carbocycles. The number of hydrogen-bond donors (Lipinski definition) is 1. The fraction of sp³-hybridized carbons (Fsp3) is 0.714. The third-order valence-electron chi connectivity index (χ3n) is 3.67. The molecule has 0 aliphatic carbocycles. The van der Waals surface area contributed by atoms with Crippen LogP contribution in [-0.4, -0.2) is 65.5 Å². The monoisotopic (exact) mass is 452 g/mol. The molecule has 2 rings (SSSR count). The number of nitrogens with one attached hydrogen (secondary N) is 1. The van der Waals surface area contributed by atoms with Crippen LogP contribution >= 0.6 is 24.0 Å². The standard InChI is InChI=1S/C14H24N6O3.HI/c1-3-15-14(18(2)9-12-4-7-23-11-12)16-5-6-19-10-13(8-17-19)20(21)22;/h8,10,12H,3-7,9,11H2,1-2H3,(H,15,16);1H. The van der Waals surface area contributed by atoms with E-state index < -0.39 is 4.92 Å². The van der Waals surface area contributed by atoms with Crippen molar-refractivity contribution in [3.05, 3.63) is 22.5 Å². The number of aliphatic imine (C=N–C) groups is 1. The summed E-state index contributed by atoms with van der Waals surface area (Å²) in [5, 5.41) is 17.9. The maximum absolute atomic E-state index is 10.6. The first-order chi connectivity index (χ1) is 11.1. The average Bonchev–Trinajstić information content (AvgIpc) is 3.17. The van der Waals surface area contributed by atoms with Crippen LogP contribution in [0.4, 0.5) is 5.69 Å². The number of nitro groups is 1. The van der Waals surface area contributed by atoms with Crippen molar-refractivity contribution in [2.24, 2.45) is 10.9 Å². The zero-order valence-electron chi connectivity index (χ0n) is 14.1. The predicted octanol–water partition coefficient (Wildman–Crippen LogP) is 1.34. The molecule has 0 bridgehead atoms. The topological polar surface area (TPSA) is 97.8 Å². The van der Waals surface area contributed by atoms with E-state index >= 15 is 0 Å². The third-order valence-corrected chi connectivity index (χ3v) is 3.67. The van der Waals surface area contributed by atoms with E-state index in [2.05, 4.69) is 20.3 Å². The Balaban J connectivity index is 0.00000288. The molecule has 0 amide bonds. The van der Waals surface area contributed by atoms with E-state index in [9.17, 15) is 10.1 Å². The van der Waals surface area contributed by atoms with Crippen LogP contribution in [0.3, 0.4) is 0 Å². The molecule has 1 aromatic heterocycles. The molecule has 10 heteroatoms. The van der Waals surface area contributed by atoms with Gasteiger partial charge in [-0.05, 0) is 13.3 Å². The lowest BCUT2D eigenvalue weighted by Gasteiger charge is -2.24. The third kappa shape index (κ3) is 6.23. The number of guanidine groups is 1. The molecule has 0 saturated carbocycles. The first-order valence-electron chi connectivity index (χ1n) is 7.84. The molecule has 0 spiro atoms. The van der Waals surface area contributed by atoms with Crippen molar-refractivity contribution >= 4 is 35.6 Å². The van der Waals surface area contributed by atoms with Gasteiger partial charge in [0.25, 0.3) is 0 Å². The Morgan fingerprint density at radius 1 is 1.67 bits per heavy atom. The smallest absolute Gasteiger partial charge is 0.306 e. The minimum absolute atomic E-state index is 0. The van der Waals surface area contributed by atoms with Gasteiger partial charge in [0, 0.05) is 32.7 Å².